The molecule has 1 aliphatic carbocycles. The van der Waals surface area contributed by atoms with Crippen LogP contribution in [0.15, 0.2) is 36.7 Å². The minimum absolute atomic E-state index is 0.0606. The number of likely N-dealkylation sites (tertiary alicyclic amines) is 2. The summed E-state index contributed by atoms with van der Waals surface area (Å²) in [6.07, 6.45) is 12.4. The Kier molecular flexibility index (Phi) is 8.32. The summed E-state index contributed by atoms with van der Waals surface area (Å²) in [5.41, 5.74) is 4.07. The first-order chi connectivity index (χ1) is 17.6. The standard InChI is InChI=1S/C30H42N4O2/c1-22-28(11-10-23-6-5-9-25(20-23)24-7-3-2-4-8-24)31-21-32-29(22)30(36)34-16-12-26(13-17-34)33-18-14-27(35)15-19-33/h2-4,7-8,21,23,25-27,35H,5-6,9-20H2,1H3/t23-,25+/m0/s1. The van der Waals surface area contributed by atoms with E-state index >= 15 is 0 Å². The summed E-state index contributed by atoms with van der Waals surface area (Å²) < 4.78 is 0. The van der Waals surface area contributed by atoms with Crippen LogP contribution in [0, 0.1) is 12.8 Å². The lowest BCUT2D eigenvalue weighted by atomic mass is 9.76. The Labute approximate surface area is 216 Å². The monoisotopic (exact) mass is 490 g/mol. The Morgan fingerprint density at radius 1 is 0.972 bits per heavy atom. The van der Waals surface area contributed by atoms with Gasteiger partial charge in [-0.3, -0.25) is 4.79 Å². The highest BCUT2D eigenvalue weighted by molar-refractivity contribution is 5.93. The van der Waals surface area contributed by atoms with Crippen LogP contribution < -0.4 is 0 Å². The highest BCUT2D eigenvalue weighted by Gasteiger charge is 2.31. The average Bonchev–Trinajstić information content (AvgIpc) is 2.93. The zero-order valence-corrected chi connectivity index (χ0v) is 21.8. The van der Waals surface area contributed by atoms with Crippen LogP contribution in [0.1, 0.15) is 91.0 Å². The summed E-state index contributed by atoms with van der Waals surface area (Å²) in [5.74, 6) is 1.45. The molecule has 2 saturated heterocycles. The van der Waals surface area contributed by atoms with E-state index < -0.39 is 0 Å². The zero-order chi connectivity index (χ0) is 24.9. The van der Waals surface area contributed by atoms with Gasteiger partial charge in [-0.05, 0) is 75.7 Å². The van der Waals surface area contributed by atoms with E-state index in [0.717, 1.165) is 76.0 Å². The predicted octanol–water partition coefficient (Wildman–Crippen LogP) is 4.75. The second kappa shape index (κ2) is 11.8. The zero-order valence-electron chi connectivity index (χ0n) is 21.8. The van der Waals surface area contributed by atoms with Gasteiger partial charge < -0.3 is 14.9 Å². The quantitative estimate of drug-likeness (QED) is 0.633. The first kappa shape index (κ1) is 25.3. The predicted molar refractivity (Wildman–Crippen MR) is 142 cm³/mol. The number of benzene rings is 1. The van der Waals surface area contributed by atoms with Gasteiger partial charge in [0.25, 0.3) is 5.91 Å². The summed E-state index contributed by atoms with van der Waals surface area (Å²) in [6, 6.07) is 11.5. The molecule has 6 heteroatoms. The molecular formula is C30H42N4O2. The molecule has 1 saturated carbocycles. The van der Waals surface area contributed by atoms with Crippen LogP contribution >= 0.6 is 0 Å². The molecule has 3 fully saturated rings. The van der Waals surface area contributed by atoms with E-state index in [4.69, 9.17) is 0 Å². The largest absolute Gasteiger partial charge is 0.393 e. The number of hydrogen-bond donors (Lipinski definition) is 1. The number of aryl methyl sites for hydroxylation is 1. The van der Waals surface area contributed by atoms with Gasteiger partial charge >= 0.3 is 0 Å². The van der Waals surface area contributed by atoms with Crippen molar-refractivity contribution in [2.75, 3.05) is 26.2 Å². The molecule has 1 N–H and O–H groups in total. The number of carbonyl (C=O) groups excluding carboxylic acids is 1. The minimum atomic E-state index is -0.138. The SMILES string of the molecule is Cc1c(CC[C@@H]2CCC[C@@H](c3ccccc3)C2)ncnc1C(=O)N1CCC(N2CCC(O)CC2)CC1. The van der Waals surface area contributed by atoms with E-state index in [1.165, 1.54) is 31.2 Å². The fourth-order valence-corrected chi connectivity index (χ4v) is 6.71. The lowest BCUT2D eigenvalue weighted by Crippen LogP contribution is -2.49. The number of carbonyl (C=O) groups is 1. The molecule has 194 valence electrons. The fraction of sp³-hybridized carbons (Fsp3) is 0.633. The van der Waals surface area contributed by atoms with Crippen molar-refractivity contribution in [1.29, 1.82) is 0 Å². The summed E-state index contributed by atoms with van der Waals surface area (Å²) >= 11 is 0. The molecule has 3 aliphatic rings. The smallest absolute Gasteiger partial charge is 0.272 e. The van der Waals surface area contributed by atoms with Crippen LogP contribution in [0.3, 0.4) is 0 Å². The van der Waals surface area contributed by atoms with Crippen LogP contribution in [0.4, 0.5) is 0 Å². The summed E-state index contributed by atoms with van der Waals surface area (Å²) in [6.45, 7) is 5.54. The number of hydrogen-bond acceptors (Lipinski definition) is 5. The Hall–Kier alpha value is -2.31. The van der Waals surface area contributed by atoms with Crippen molar-refractivity contribution in [2.24, 2.45) is 5.92 Å². The van der Waals surface area contributed by atoms with Crippen molar-refractivity contribution in [3.8, 4) is 0 Å². The topological polar surface area (TPSA) is 69.6 Å². The molecule has 1 amide bonds. The van der Waals surface area contributed by atoms with Gasteiger partial charge in [0.2, 0.25) is 0 Å². The van der Waals surface area contributed by atoms with Crippen LogP contribution in [0.5, 0.6) is 0 Å². The van der Waals surface area contributed by atoms with Crippen molar-refractivity contribution < 1.29 is 9.90 Å². The van der Waals surface area contributed by atoms with Crippen LogP contribution in [0.25, 0.3) is 0 Å². The number of amides is 1. The third-order valence-corrected chi connectivity index (χ3v) is 9.00. The molecule has 5 rings (SSSR count). The molecule has 1 aromatic carbocycles. The van der Waals surface area contributed by atoms with Gasteiger partial charge in [0, 0.05) is 43.5 Å². The maximum atomic E-state index is 13.4. The van der Waals surface area contributed by atoms with Gasteiger partial charge in [-0.2, -0.15) is 0 Å². The van der Waals surface area contributed by atoms with E-state index in [9.17, 15) is 9.90 Å². The number of aromatic nitrogens is 2. The molecule has 0 bridgehead atoms. The van der Waals surface area contributed by atoms with Crippen LogP contribution in [-0.2, 0) is 6.42 Å². The summed E-state index contributed by atoms with van der Waals surface area (Å²) in [7, 11) is 0. The minimum Gasteiger partial charge on any atom is -0.393 e. The molecule has 3 heterocycles. The number of aliphatic hydroxyl groups excluding tert-OH is 1. The Balaban J connectivity index is 1.15. The number of nitrogens with zero attached hydrogens (tertiary/aromatic N) is 4. The highest BCUT2D eigenvalue weighted by atomic mass is 16.3. The van der Waals surface area contributed by atoms with Crippen molar-refractivity contribution in [1.82, 2.24) is 19.8 Å². The van der Waals surface area contributed by atoms with E-state index in [0.29, 0.717) is 23.6 Å². The summed E-state index contributed by atoms with van der Waals surface area (Å²) in [5, 5.41) is 9.79. The van der Waals surface area contributed by atoms with Crippen molar-refractivity contribution in [3.63, 3.8) is 0 Å². The van der Waals surface area contributed by atoms with E-state index in [1.54, 1.807) is 6.33 Å². The van der Waals surface area contributed by atoms with Crippen molar-refractivity contribution in [3.05, 3.63) is 59.2 Å². The third kappa shape index (κ3) is 5.97. The molecule has 36 heavy (non-hydrogen) atoms. The van der Waals surface area contributed by atoms with Gasteiger partial charge in [0.05, 0.1) is 6.10 Å². The van der Waals surface area contributed by atoms with E-state index in [1.807, 2.05) is 11.8 Å². The van der Waals surface area contributed by atoms with E-state index in [2.05, 4.69) is 45.2 Å². The summed E-state index contributed by atoms with van der Waals surface area (Å²) in [4.78, 5) is 26.9. The van der Waals surface area contributed by atoms with Gasteiger partial charge in [0.15, 0.2) is 0 Å². The molecule has 1 aromatic heterocycles. The number of aliphatic hydroxyl groups is 1. The first-order valence-electron chi connectivity index (χ1n) is 14.1. The van der Waals surface area contributed by atoms with Crippen LogP contribution in [-0.4, -0.2) is 69.1 Å². The Bertz CT molecular complexity index is 997. The molecule has 0 spiro atoms. The molecule has 2 aromatic rings. The maximum absolute atomic E-state index is 13.4. The Morgan fingerprint density at radius 2 is 1.72 bits per heavy atom. The molecule has 2 aliphatic heterocycles. The second-order valence-electron chi connectivity index (χ2n) is 11.3. The second-order valence-corrected chi connectivity index (χ2v) is 11.3. The molecule has 6 nitrogen and oxygen atoms in total. The van der Waals surface area contributed by atoms with Gasteiger partial charge in [-0.15, -0.1) is 0 Å². The van der Waals surface area contributed by atoms with Gasteiger partial charge in [-0.1, -0.05) is 43.2 Å². The molecule has 2 atom stereocenters. The van der Waals surface area contributed by atoms with Crippen molar-refractivity contribution >= 4 is 5.91 Å². The Morgan fingerprint density at radius 3 is 2.47 bits per heavy atom. The fourth-order valence-electron chi connectivity index (χ4n) is 6.71. The molecule has 0 radical (unpaired) electrons. The third-order valence-electron chi connectivity index (χ3n) is 9.00. The number of rotatable bonds is 6. The van der Waals surface area contributed by atoms with Gasteiger partial charge in [-0.25, -0.2) is 9.97 Å². The average molecular weight is 491 g/mol. The first-order valence-corrected chi connectivity index (χ1v) is 14.1. The lowest BCUT2D eigenvalue weighted by molar-refractivity contribution is 0.0355. The highest BCUT2D eigenvalue weighted by Crippen LogP contribution is 2.38. The molecule has 0 unspecified atom stereocenters. The van der Waals surface area contributed by atoms with E-state index in [-0.39, 0.29) is 12.0 Å². The van der Waals surface area contributed by atoms with Crippen molar-refractivity contribution in [2.45, 2.75) is 89.2 Å². The molecular weight excluding hydrogens is 448 g/mol. The lowest BCUT2D eigenvalue weighted by Gasteiger charge is -2.41. The maximum Gasteiger partial charge on any atom is 0.272 e. The normalized spacial score (nSPS) is 24.7. The van der Waals surface area contributed by atoms with Gasteiger partial charge in [0.1, 0.15) is 12.0 Å². The van der Waals surface area contributed by atoms with Crippen LogP contribution in [0.2, 0.25) is 0 Å². The number of piperidine rings is 2.